The third kappa shape index (κ3) is 4.70. The van der Waals surface area contributed by atoms with Gasteiger partial charge in [-0.05, 0) is 35.9 Å². The van der Waals surface area contributed by atoms with Gasteiger partial charge in [0.05, 0.1) is 25.3 Å². The Balaban J connectivity index is 1.61. The Morgan fingerprint density at radius 3 is 2.48 bits per heavy atom. The third-order valence-corrected chi connectivity index (χ3v) is 5.65. The van der Waals surface area contributed by atoms with Crippen molar-refractivity contribution in [2.75, 3.05) is 24.9 Å². The van der Waals surface area contributed by atoms with Crippen molar-refractivity contribution in [2.45, 2.75) is 24.7 Å². The molecule has 0 saturated heterocycles. The topological polar surface area (TPSA) is 77.4 Å². The maximum absolute atomic E-state index is 13.9. The van der Waals surface area contributed by atoms with Crippen molar-refractivity contribution >= 4 is 29.0 Å². The summed E-state index contributed by atoms with van der Waals surface area (Å²) < 4.78 is 52.6. The number of benzene rings is 2. The lowest BCUT2D eigenvalue weighted by molar-refractivity contribution is -0.173. The molecule has 1 aromatic heterocycles. The maximum Gasteiger partial charge on any atom is 0.410 e. The number of rotatable bonds is 5. The number of methoxy groups -OCH3 is 2. The number of hydrogen-bond acceptors (Lipinski definition) is 5. The number of hydrogen-bond donors (Lipinski definition) is 2. The molecule has 1 amide bonds. The normalized spacial score (nSPS) is 17.6. The monoisotopic (exact) mass is 480 g/mol. The Labute approximate surface area is 192 Å². The van der Waals surface area contributed by atoms with Crippen LogP contribution in [-0.4, -0.2) is 36.1 Å². The van der Waals surface area contributed by atoms with Crippen molar-refractivity contribution in [1.29, 1.82) is 0 Å². The van der Waals surface area contributed by atoms with Crippen LogP contribution in [0.2, 0.25) is 5.02 Å². The van der Waals surface area contributed by atoms with Crippen LogP contribution in [0.5, 0.6) is 11.5 Å². The van der Waals surface area contributed by atoms with Gasteiger partial charge in [-0.25, -0.2) is 4.68 Å². The largest absolute Gasteiger partial charge is 0.497 e. The molecule has 0 unspecified atom stereocenters. The van der Waals surface area contributed by atoms with Crippen molar-refractivity contribution in [3.63, 3.8) is 0 Å². The lowest BCUT2D eigenvalue weighted by Crippen LogP contribution is -2.35. The molecular weight excluding hydrogens is 461 g/mol. The van der Waals surface area contributed by atoms with Gasteiger partial charge >= 0.3 is 6.18 Å². The summed E-state index contributed by atoms with van der Waals surface area (Å²) in [6, 6.07) is 10.2. The summed E-state index contributed by atoms with van der Waals surface area (Å²) >= 11 is 6.07. The lowest BCUT2D eigenvalue weighted by Gasteiger charge is -2.33. The molecule has 33 heavy (non-hydrogen) atoms. The van der Waals surface area contributed by atoms with Gasteiger partial charge in [0.15, 0.2) is 11.7 Å². The van der Waals surface area contributed by atoms with E-state index in [1.165, 1.54) is 26.4 Å². The first kappa shape index (κ1) is 22.8. The van der Waals surface area contributed by atoms with Gasteiger partial charge in [-0.1, -0.05) is 23.7 Å². The van der Waals surface area contributed by atoms with Gasteiger partial charge in [0, 0.05) is 18.2 Å². The molecule has 3 aromatic rings. The van der Waals surface area contributed by atoms with Gasteiger partial charge in [0.25, 0.3) is 5.91 Å². The molecule has 7 nitrogen and oxygen atoms in total. The summed E-state index contributed by atoms with van der Waals surface area (Å²) in [6.07, 6.45) is -4.83. The molecule has 0 saturated carbocycles. The molecule has 11 heteroatoms. The van der Waals surface area contributed by atoms with Crippen molar-refractivity contribution < 1.29 is 27.4 Å². The second-order valence-electron chi connectivity index (χ2n) is 7.43. The van der Waals surface area contributed by atoms with E-state index in [-0.39, 0.29) is 23.0 Å². The van der Waals surface area contributed by atoms with Gasteiger partial charge in [0.1, 0.15) is 17.3 Å². The van der Waals surface area contributed by atoms with Crippen LogP contribution < -0.4 is 20.1 Å². The Hall–Kier alpha value is -3.40. The minimum absolute atomic E-state index is 0.0994. The van der Waals surface area contributed by atoms with Crippen LogP contribution in [0, 0.1) is 0 Å². The van der Waals surface area contributed by atoms with E-state index in [1.54, 1.807) is 36.4 Å². The van der Waals surface area contributed by atoms with Crippen LogP contribution in [0.3, 0.4) is 0 Å². The maximum atomic E-state index is 13.9. The van der Waals surface area contributed by atoms with Crippen molar-refractivity contribution in [3.05, 3.63) is 64.8 Å². The molecule has 2 atom stereocenters. The van der Waals surface area contributed by atoms with E-state index in [4.69, 9.17) is 21.1 Å². The summed E-state index contributed by atoms with van der Waals surface area (Å²) in [5.41, 5.74) is 0.860. The van der Waals surface area contributed by atoms with Crippen molar-refractivity contribution in [1.82, 2.24) is 9.78 Å². The molecular formula is C22H20ClF3N4O3. The second-order valence-corrected chi connectivity index (χ2v) is 7.83. The van der Waals surface area contributed by atoms with E-state index in [0.717, 1.165) is 4.68 Å². The minimum Gasteiger partial charge on any atom is -0.497 e. The van der Waals surface area contributed by atoms with Crippen LogP contribution in [-0.2, 0) is 0 Å². The number of aromatic nitrogens is 2. The zero-order chi connectivity index (χ0) is 23.8. The summed E-state index contributed by atoms with van der Waals surface area (Å²) in [6.45, 7) is 0. The van der Waals surface area contributed by atoms with E-state index in [1.807, 2.05) is 0 Å². The predicted molar refractivity (Wildman–Crippen MR) is 117 cm³/mol. The molecule has 0 bridgehead atoms. The molecule has 2 N–H and O–H groups in total. The number of nitrogens with zero attached hydrogens (tertiary/aromatic N) is 2. The quantitative estimate of drug-likeness (QED) is 0.506. The Morgan fingerprint density at radius 1 is 1.15 bits per heavy atom. The van der Waals surface area contributed by atoms with E-state index in [9.17, 15) is 18.0 Å². The van der Waals surface area contributed by atoms with Crippen molar-refractivity contribution in [3.8, 4) is 11.5 Å². The van der Waals surface area contributed by atoms with Crippen LogP contribution in [0.25, 0.3) is 0 Å². The number of carbonyl (C=O) groups excluding carboxylic acids is 1. The Bertz CT molecular complexity index is 1160. The number of alkyl halides is 3. The summed E-state index contributed by atoms with van der Waals surface area (Å²) in [4.78, 5) is 12.7. The van der Waals surface area contributed by atoms with E-state index in [0.29, 0.717) is 22.7 Å². The number of ether oxygens (including phenoxy) is 2. The van der Waals surface area contributed by atoms with Gasteiger partial charge in [-0.15, -0.1) is 0 Å². The van der Waals surface area contributed by atoms with E-state index < -0.39 is 24.2 Å². The fraction of sp³-hybridized carbons (Fsp3) is 0.273. The predicted octanol–water partition coefficient (Wildman–Crippen LogP) is 5.47. The van der Waals surface area contributed by atoms with Gasteiger partial charge in [0.2, 0.25) is 0 Å². The SMILES string of the molecule is COc1ccc([C@H]2C[C@@H](C(F)(F)F)n3nc(C(=O)Nc4ccc(OC)c(Cl)c4)cc3N2)cc1. The highest BCUT2D eigenvalue weighted by Crippen LogP contribution is 2.43. The van der Waals surface area contributed by atoms with Crippen LogP contribution in [0.1, 0.15) is 34.6 Å². The Morgan fingerprint density at radius 2 is 1.88 bits per heavy atom. The highest BCUT2D eigenvalue weighted by molar-refractivity contribution is 6.32. The van der Waals surface area contributed by atoms with Crippen LogP contribution >= 0.6 is 11.6 Å². The molecule has 0 spiro atoms. The molecule has 4 rings (SSSR count). The van der Waals surface area contributed by atoms with E-state index in [2.05, 4.69) is 15.7 Å². The minimum atomic E-state index is -4.55. The highest BCUT2D eigenvalue weighted by Gasteiger charge is 2.46. The molecule has 1 aliphatic rings. The molecule has 0 aliphatic carbocycles. The number of amides is 1. The zero-order valence-corrected chi connectivity index (χ0v) is 18.4. The number of halogens is 4. The molecule has 1 aliphatic heterocycles. The van der Waals surface area contributed by atoms with Crippen LogP contribution in [0.15, 0.2) is 48.5 Å². The summed E-state index contributed by atoms with van der Waals surface area (Å²) in [5, 5.41) is 9.88. The number of carbonyl (C=O) groups is 1. The van der Waals surface area contributed by atoms with Gasteiger partial charge < -0.3 is 20.1 Å². The summed E-state index contributed by atoms with van der Waals surface area (Å²) in [5.74, 6) is 0.461. The first-order chi connectivity index (χ1) is 15.7. The molecule has 2 aromatic carbocycles. The molecule has 2 heterocycles. The van der Waals surface area contributed by atoms with Crippen molar-refractivity contribution in [2.24, 2.45) is 0 Å². The standard InChI is InChI=1S/C22H20ClF3N4O3/c1-32-14-6-3-12(4-7-14)16-10-19(22(24,25)26)30-20(28-16)11-17(29-30)21(31)27-13-5-8-18(33-2)15(23)9-13/h3-9,11,16,19,28H,10H2,1-2H3,(H,27,31)/t16-,19+/m1/s1. The number of fused-ring (bicyclic) bond motifs is 1. The lowest BCUT2D eigenvalue weighted by atomic mass is 9.97. The van der Waals surface area contributed by atoms with E-state index >= 15 is 0 Å². The average molecular weight is 481 g/mol. The highest BCUT2D eigenvalue weighted by atomic mass is 35.5. The van der Waals surface area contributed by atoms with Gasteiger partial charge in [-0.2, -0.15) is 18.3 Å². The first-order valence-electron chi connectivity index (χ1n) is 9.91. The second kappa shape index (κ2) is 8.86. The fourth-order valence-corrected chi connectivity index (χ4v) is 3.94. The number of anilines is 2. The van der Waals surface area contributed by atoms with Crippen LogP contribution in [0.4, 0.5) is 24.7 Å². The first-order valence-corrected chi connectivity index (χ1v) is 10.3. The van der Waals surface area contributed by atoms with Gasteiger partial charge in [-0.3, -0.25) is 4.79 Å². The molecule has 0 fully saturated rings. The Kier molecular flexibility index (Phi) is 6.11. The molecule has 0 radical (unpaired) electrons. The zero-order valence-electron chi connectivity index (χ0n) is 17.6. The average Bonchev–Trinajstić information content (AvgIpc) is 3.22. The number of nitrogens with one attached hydrogen (secondary N) is 2. The third-order valence-electron chi connectivity index (χ3n) is 5.35. The smallest absolute Gasteiger partial charge is 0.410 e. The molecule has 174 valence electrons. The summed E-state index contributed by atoms with van der Waals surface area (Å²) in [7, 11) is 2.97. The fourth-order valence-electron chi connectivity index (χ4n) is 3.68.